The van der Waals surface area contributed by atoms with Gasteiger partial charge in [0.1, 0.15) is 5.82 Å². The molecule has 20 heavy (non-hydrogen) atoms. The monoisotopic (exact) mass is 270 g/mol. The lowest BCUT2D eigenvalue weighted by Crippen LogP contribution is -2.13. The molecule has 2 rings (SSSR count). The number of carbonyl (C=O) groups excluding carboxylic acids is 1. The molecule has 1 heterocycles. The molecule has 0 aliphatic rings. The molecular formula is C15H18N4O. The van der Waals surface area contributed by atoms with Crippen molar-refractivity contribution in [2.24, 2.45) is 5.73 Å². The van der Waals surface area contributed by atoms with Crippen LogP contribution in [0.3, 0.4) is 0 Å². The fourth-order valence-corrected chi connectivity index (χ4v) is 1.86. The first kappa shape index (κ1) is 14.1. The van der Waals surface area contributed by atoms with Crippen molar-refractivity contribution in [2.75, 3.05) is 11.9 Å². The number of hydrogen-bond acceptors (Lipinski definition) is 4. The minimum absolute atomic E-state index is 0.0218. The van der Waals surface area contributed by atoms with Crippen LogP contribution < -0.4 is 11.1 Å². The van der Waals surface area contributed by atoms with E-state index < -0.39 is 0 Å². The maximum atomic E-state index is 11.7. The Morgan fingerprint density at radius 2 is 2.20 bits per heavy atom. The van der Waals surface area contributed by atoms with Crippen molar-refractivity contribution in [1.29, 1.82) is 0 Å². The quantitative estimate of drug-likeness (QED) is 0.872. The van der Waals surface area contributed by atoms with Crippen molar-refractivity contribution in [1.82, 2.24) is 9.97 Å². The lowest BCUT2D eigenvalue weighted by atomic mass is 10.1. The van der Waals surface area contributed by atoms with Gasteiger partial charge in [-0.25, -0.2) is 9.97 Å². The van der Waals surface area contributed by atoms with E-state index >= 15 is 0 Å². The second-order valence-corrected chi connectivity index (χ2v) is 4.51. The summed E-state index contributed by atoms with van der Waals surface area (Å²) in [5, 5.41) is 2.86. The number of nitrogens with one attached hydrogen (secondary N) is 1. The Kier molecular flexibility index (Phi) is 4.79. The van der Waals surface area contributed by atoms with Gasteiger partial charge < -0.3 is 11.1 Å². The van der Waals surface area contributed by atoms with Gasteiger partial charge in [0.15, 0.2) is 0 Å². The molecule has 0 aliphatic carbocycles. The zero-order chi connectivity index (χ0) is 14.4. The number of hydrogen-bond donors (Lipinski definition) is 2. The number of aromatic nitrogens is 2. The van der Waals surface area contributed by atoms with Crippen molar-refractivity contribution < 1.29 is 4.79 Å². The molecule has 0 fully saturated rings. The topological polar surface area (TPSA) is 80.9 Å². The van der Waals surface area contributed by atoms with Crippen molar-refractivity contribution >= 4 is 11.6 Å². The molecule has 1 aromatic carbocycles. The maximum absolute atomic E-state index is 11.7. The van der Waals surface area contributed by atoms with E-state index in [1.807, 2.05) is 37.3 Å². The lowest BCUT2D eigenvalue weighted by Gasteiger charge is -2.07. The molecule has 0 unspecified atom stereocenters. The summed E-state index contributed by atoms with van der Waals surface area (Å²) in [7, 11) is 0. The molecule has 2 aromatic rings. The number of nitrogens with two attached hydrogens (primary N) is 1. The molecule has 0 saturated carbocycles. The van der Waals surface area contributed by atoms with Crippen LogP contribution in [0.5, 0.6) is 0 Å². The van der Waals surface area contributed by atoms with Crippen molar-refractivity contribution in [3.63, 3.8) is 0 Å². The predicted molar refractivity (Wildman–Crippen MR) is 79.1 cm³/mol. The van der Waals surface area contributed by atoms with Gasteiger partial charge in [-0.15, -0.1) is 0 Å². The van der Waals surface area contributed by atoms with Gasteiger partial charge in [-0.2, -0.15) is 0 Å². The van der Waals surface area contributed by atoms with Gasteiger partial charge in [-0.3, -0.25) is 4.79 Å². The molecule has 104 valence electrons. The zero-order valence-corrected chi connectivity index (χ0v) is 11.5. The number of benzene rings is 1. The summed E-state index contributed by atoms with van der Waals surface area (Å²) in [5.41, 5.74) is 7.95. The molecule has 0 saturated heterocycles. The van der Waals surface area contributed by atoms with E-state index in [2.05, 4.69) is 15.3 Å². The first-order chi connectivity index (χ1) is 9.69. The van der Waals surface area contributed by atoms with E-state index in [-0.39, 0.29) is 5.91 Å². The third-order valence-corrected chi connectivity index (χ3v) is 2.83. The van der Waals surface area contributed by atoms with E-state index in [4.69, 9.17) is 5.73 Å². The molecular weight excluding hydrogens is 252 g/mol. The molecule has 5 nitrogen and oxygen atoms in total. The number of rotatable bonds is 5. The average Bonchev–Trinajstić information content (AvgIpc) is 2.45. The van der Waals surface area contributed by atoms with Crippen LogP contribution in [0.15, 0.2) is 36.5 Å². The van der Waals surface area contributed by atoms with Gasteiger partial charge >= 0.3 is 0 Å². The lowest BCUT2D eigenvalue weighted by molar-refractivity contribution is -0.116. The SMILES string of the molecule is Cc1nccc(-c2cccc(NC(=O)CCCN)c2)n1. The highest BCUT2D eigenvalue weighted by Gasteiger charge is 2.04. The second-order valence-electron chi connectivity index (χ2n) is 4.51. The summed E-state index contributed by atoms with van der Waals surface area (Å²) in [5.74, 6) is 0.700. The number of amides is 1. The molecule has 0 radical (unpaired) electrons. The third kappa shape index (κ3) is 3.86. The number of carbonyl (C=O) groups is 1. The summed E-state index contributed by atoms with van der Waals surface area (Å²) >= 11 is 0. The second kappa shape index (κ2) is 6.77. The minimum Gasteiger partial charge on any atom is -0.330 e. The Bertz CT molecular complexity index is 598. The number of anilines is 1. The normalized spacial score (nSPS) is 10.3. The smallest absolute Gasteiger partial charge is 0.224 e. The number of nitrogens with zero attached hydrogens (tertiary/aromatic N) is 2. The van der Waals surface area contributed by atoms with E-state index in [0.29, 0.717) is 19.4 Å². The fourth-order valence-electron chi connectivity index (χ4n) is 1.86. The molecule has 0 atom stereocenters. The van der Waals surface area contributed by atoms with Gasteiger partial charge in [0.2, 0.25) is 5.91 Å². The predicted octanol–water partition coefficient (Wildman–Crippen LogP) is 2.13. The van der Waals surface area contributed by atoms with Gasteiger partial charge in [0.25, 0.3) is 0 Å². The van der Waals surface area contributed by atoms with Crippen molar-refractivity contribution in [2.45, 2.75) is 19.8 Å². The van der Waals surface area contributed by atoms with Gasteiger partial charge in [0, 0.05) is 23.9 Å². The standard InChI is InChI=1S/C15H18N4O/c1-11-17-9-7-14(18-11)12-4-2-5-13(10-12)19-15(20)6-3-8-16/h2,4-5,7,9-10H,3,6,8,16H2,1H3,(H,19,20). The Labute approximate surface area is 118 Å². The number of aryl methyl sites for hydroxylation is 1. The largest absolute Gasteiger partial charge is 0.330 e. The summed E-state index contributed by atoms with van der Waals surface area (Å²) in [6.45, 7) is 2.37. The zero-order valence-electron chi connectivity index (χ0n) is 11.5. The van der Waals surface area contributed by atoms with Gasteiger partial charge in [-0.05, 0) is 38.1 Å². The van der Waals surface area contributed by atoms with Crippen molar-refractivity contribution in [3.8, 4) is 11.3 Å². The first-order valence-corrected chi connectivity index (χ1v) is 6.59. The van der Waals surface area contributed by atoms with Gasteiger partial charge in [0.05, 0.1) is 5.69 Å². The Balaban J connectivity index is 2.14. The van der Waals surface area contributed by atoms with E-state index in [0.717, 1.165) is 22.8 Å². The van der Waals surface area contributed by atoms with Crippen LogP contribution in [0, 0.1) is 6.92 Å². The van der Waals surface area contributed by atoms with Crippen LogP contribution in [0.25, 0.3) is 11.3 Å². The Morgan fingerprint density at radius 3 is 2.95 bits per heavy atom. The van der Waals surface area contributed by atoms with Crippen LogP contribution in [-0.4, -0.2) is 22.4 Å². The Morgan fingerprint density at radius 1 is 1.35 bits per heavy atom. The summed E-state index contributed by atoms with van der Waals surface area (Å²) < 4.78 is 0. The molecule has 5 heteroatoms. The first-order valence-electron chi connectivity index (χ1n) is 6.59. The summed E-state index contributed by atoms with van der Waals surface area (Å²) in [4.78, 5) is 20.1. The highest BCUT2D eigenvalue weighted by atomic mass is 16.1. The fraction of sp³-hybridized carbons (Fsp3) is 0.267. The van der Waals surface area contributed by atoms with E-state index in [1.165, 1.54) is 0 Å². The third-order valence-electron chi connectivity index (χ3n) is 2.83. The minimum atomic E-state index is -0.0218. The van der Waals surface area contributed by atoms with Crippen LogP contribution in [0.1, 0.15) is 18.7 Å². The molecule has 0 bridgehead atoms. The molecule has 0 spiro atoms. The molecule has 0 aliphatic heterocycles. The average molecular weight is 270 g/mol. The van der Waals surface area contributed by atoms with Crippen molar-refractivity contribution in [3.05, 3.63) is 42.4 Å². The van der Waals surface area contributed by atoms with E-state index in [1.54, 1.807) is 6.20 Å². The highest BCUT2D eigenvalue weighted by Crippen LogP contribution is 2.20. The van der Waals surface area contributed by atoms with Crippen LogP contribution >= 0.6 is 0 Å². The molecule has 1 aromatic heterocycles. The highest BCUT2D eigenvalue weighted by molar-refractivity contribution is 5.91. The van der Waals surface area contributed by atoms with E-state index in [9.17, 15) is 4.79 Å². The van der Waals surface area contributed by atoms with Crippen LogP contribution in [0.4, 0.5) is 5.69 Å². The summed E-state index contributed by atoms with van der Waals surface area (Å²) in [6.07, 6.45) is 2.86. The molecule has 1 amide bonds. The summed E-state index contributed by atoms with van der Waals surface area (Å²) in [6, 6.07) is 9.46. The molecule has 3 N–H and O–H groups in total. The van der Waals surface area contributed by atoms with Gasteiger partial charge in [-0.1, -0.05) is 12.1 Å². The maximum Gasteiger partial charge on any atom is 0.224 e. The van der Waals surface area contributed by atoms with Crippen LogP contribution in [0.2, 0.25) is 0 Å². The van der Waals surface area contributed by atoms with Crippen LogP contribution in [-0.2, 0) is 4.79 Å². The Hall–Kier alpha value is -2.27.